The lowest BCUT2D eigenvalue weighted by Gasteiger charge is -2.25. The molecular weight excluding hydrogens is 232 g/mol. The molecule has 1 aromatic heterocycles. The summed E-state index contributed by atoms with van der Waals surface area (Å²) >= 11 is 0. The Balaban J connectivity index is 1.66. The molecule has 1 aliphatic heterocycles. The van der Waals surface area contributed by atoms with Crippen LogP contribution in [0.15, 0.2) is 4.52 Å². The van der Waals surface area contributed by atoms with Gasteiger partial charge in [-0.05, 0) is 39.2 Å². The number of nitrogens with zero attached hydrogens (tertiary/aromatic N) is 2. The number of amides is 1. The maximum atomic E-state index is 11.7. The lowest BCUT2D eigenvalue weighted by atomic mass is 9.93. The molecule has 6 nitrogen and oxygen atoms in total. The summed E-state index contributed by atoms with van der Waals surface area (Å²) in [5, 5.41) is 10.0. The van der Waals surface area contributed by atoms with E-state index in [9.17, 15) is 4.79 Å². The monoisotopic (exact) mass is 250 g/mol. The molecule has 1 saturated heterocycles. The van der Waals surface area contributed by atoms with E-state index in [0.29, 0.717) is 18.0 Å². The van der Waals surface area contributed by atoms with Crippen LogP contribution < -0.4 is 10.6 Å². The van der Waals surface area contributed by atoms with Crippen LogP contribution in [0.4, 0.5) is 0 Å². The Morgan fingerprint density at radius 3 is 3.00 bits per heavy atom. The van der Waals surface area contributed by atoms with Gasteiger partial charge in [-0.2, -0.15) is 4.98 Å². The van der Waals surface area contributed by atoms with Crippen LogP contribution in [0.5, 0.6) is 0 Å². The van der Waals surface area contributed by atoms with Crippen molar-refractivity contribution in [2.75, 3.05) is 6.54 Å². The molecule has 98 valence electrons. The molecule has 1 amide bonds. The van der Waals surface area contributed by atoms with Gasteiger partial charge in [0.05, 0.1) is 0 Å². The number of aromatic nitrogens is 2. The minimum atomic E-state index is -0.213. The average Bonchev–Trinajstić information content (AvgIpc) is 3.03. The second kappa shape index (κ2) is 4.68. The van der Waals surface area contributed by atoms with Crippen LogP contribution in [0.1, 0.15) is 55.0 Å². The van der Waals surface area contributed by atoms with Gasteiger partial charge in [0.15, 0.2) is 0 Å². The molecule has 6 heteroatoms. The van der Waals surface area contributed by atoms with Gasteiger partial charge < -0.3 is 15.2 Å². The average molecular weight is 250 g/mol. The second-order valence-corrected chi connectivity index (χ2v) is 5.28. The smallest absolute Gasteiger partial charge is 0.292 e. The highest BCUT2D eigenvalue weighted by Crippen LogP contribution is 2.26. The van der Waals surface area contributed by atoms with Crippen LogP contribution >= 0.6 is 0 Å². The number of carbonyl (C=O) groups is 1. The Kier molecular flexibility index (Phi) is 3.03. The van der Waals surface area contributed by atoms with Crippen molar-refractivity contribution in [3.8, 4) is 0 Å². The normalized spacial score (nSPS) is 28.1. The minimum absolute atomic E-state index is 0.170. The van der Waals surface area contributed by atoms with Crippen LogP contribution in [-0.4, -0.2) is 34.7 Å². The van der Waals surface area contributed by atoms with Crippen molar-refractivity contribution in [3.63, 3.8) is 0 Å². The van der Waals surface area contributed by atoms with E-state index in [1.807, 2.05) is 0 Å². The van der Waals surface area contributed by atoms with Gasteiger partial charge in [-0.15, -0.1) is 0 Å². The number of piperidine rings is 1. The topological polar surface area (TPSA) is 80.1 Å². The molecule has 1 saturated carbocycles. The van der Waals surface area contributed by atoms with Crippen LogP contribution in [0.25, 0.3) is 0 Å². The summed E-state index contributed by atoms with van der Waals surface area (Å²) in [6.45, 7) is 3.10. The van der Waals surface area contributed by atoms with E-state index in [4.69, 9.17) is 4.52 Å². The zero-order valence-corrected chi connectivity index (χ0v) is 10.5. The predicted molar refractivity (Wildman–Crippen MR) is 64.2 cm³/mol. The van der Waals surface area contributed by atoms with Crippen LogP contribution in [0.3, 0.4) is 0 Å². The first-order valence-corrected chi connectivity index (χ1v) is 6.60. The van der Waals surface area contributed by atoms with E-state index in [2.05, 4.69) is 27.7 Å². The first-order chi connectivity index (χ1) is 8.72. The van der Waals surface area contributed by atoms with Gasteiger partial charge in [-0.25, -0.2) is 0 Å². The maximum Gasteiger partial charge on any atom is 0.292 e. The van der Waals surface area contributed by atoms with Gasteiger partial charge >= 0.3 is 0 Å². The molecule has 3 rings (SSSR count). The summed E-state index contributed by atoms with van der Waals surface area (Å²) in [4.78, 5) is 16.0. The molecule has 2 aliphatic rings. The van der Waals surface area contributed by atoms with Gasteiger partial charge in [-0.3, -0.25) is 4.79 Å². The second-order valence-electron chi connectivity index (χ2n) is 5.28. The molecule has 2 heterocycles. The van der Waals surface area contributed by atoms with E-state index >= 15 is 0 Å². The molecule has 18 heavy (non-hydrogen) atoms. The van der Waals surface area contributed by atoms with Crippen molar-refractivity contribution in [1.82, 2.24) is 20.8 Å². The third kappa shape index (κ3) is 2.53. The lowest BCUT2D eigenvalue weighted by molar-refractivity contribution is 0.0937. The lowest BCUT2D eigenvalue weighted by Crippen LogP contribution is -2.35. The molecule has 2 unspecified atom stereocenters. The van der Waals surface area contributed by atoms with Crippen molar-refractivity contribution in [1.29, 1.82) is 0 Å². The Morgan fingerprint density at radius 1 is 1.44 bits per heavy atom. The molecule has 1 aliphatic carbocycles. The molecule has 2 fully saturated rings. The summed E-state index contributed by atoms with van der Waals surface area (Å²) in [6.07, 6.45) is 4.08. The van der Waals surface area contributed by atoms with Crippen molar-refractivity contribution < 1.29 is 9.32 Å². The fourth-order valence-corrected chi connectivity index (χ4v) is 2.33. The van der Waals surface area contributed by atoms with Gasteiger partial charge in [0.25, 0.3) is 11.7 Å². The highest BCUT2D eigenvalue weighted by Gasteiger charge is 2.28. The zero-order valence-electron chi connectivity index (χ0n) is 10.5. The summed E-state index contributed by atoms with van der Waals surface area (Å²) in [6, 6.07) is 0.776. The number of hydrogen-bond acceptors (Lipinski definition) is 5. The summed E-state index contributed by atoms with van der Waals surface area (Å²) < 4.78 is 5.23. The number of nitrogens with one attached hydrogen (secondary N) is 2. The molecule has 1 aromatic rings. The molecule has 0 bridgehead atoms. The van der Waals surface area contributed by atoms with E-state index in [1.54, 1.807) is 0 Å². The van der Waals surface area contributed by atoms with E-state index in [-0.39, 0.29) is 17.6 Å². The molecule has 0 radical (unpaired) electrons. The Bertz CT molecular complexity index is 441. The summed E-state index contributed by atoms with van der Waals surface area (Å²) in [5.41, 5.74) is 0. The third-order valence-electron chi connectivity index (χ3n) is 3.53. The van der Waals surface area contributed by atoms with Crippen LogP contribution in [0, 0.1) is 0 Å². The van der Waals surface area contributed by atoms with Crippen LogP contribution in [-0.2, 0) is 0 Å². The fraction of sp³-hybridized carbons (Fsp3) is 0.750. The van der Waals surface area contributed by atoms with Crippen molar-refractivity contribution in [3.05, 3.63) is 11.7 Å². The predicted octanol–water partition coefficient (Wildman–Crippen LogP) is 0.817. The zero-order chi connectivity index (χ0) is 12.5. The SMILES string of the molecule is CC1CC(c2nc(C(=O)NC3CC3)no2)CCN1. The molecular formula is C12H18N4O2. The Labute approximate surface area is 106 Å². The third-order valence-corrected chi connectivity index (χ3v) is 3.53. The van der Waals surface area contributed by atoms with Gasteiger partial charge in [0.1, 0.15) is 0 Å². The van der Waals surface area contributed by atoms with E-state index in [0.717, 1.165) is 32.2 Å². The quantitative estimate of drug-likeness (QED) is 0.830. The molecule has 0 spiro atoms. The van der Waals surface area contributed by atoms with Crippen LogP contribution in [0.2, 0.25) is 0 Å². The minimum Gasteiger partial charge on any atom is -0.346 e. The van der Waals surface area contributed by atoms with E-state index in [1.165, 1.54) is 0 Å². The Morgan fingerprint density at radius 2 is 2.28 bits per heavy atom. The van der Waals surface area contributed by atoms with Crippen molar-refractivity contribution in [2.24, 2.45) is 0 Å². The maximum absolute atomic E-state index is 11.7. The standard InChI is InChI=1S/C12H18N4O2/c1-7-6-8(4-5-13-7)12-15-10(16-18-12)11(17)14-9-2-3-9/h7-9,13H,2-6H2,1H3,(H,14,17). The number of hydrogen-bond donors (Lipinski definition) is 2. The molecule has 2 atom stereocenters. The summed E-state index contributed by atoms with van der Waals surface area (Å²) in [5.74, 6) is 0.832. The van der Waals surface area contributed by atoms with Crippen molar-refractivity contribution >= 4 is 5.91 Å². The first kappa shape index (κ1) is 11.6. The van der Waals surface area contributed by atoms with Gasteiger partial charge in [-0.1, -0.05) is 5.16 Å². The van der Waals surface area contributed by atoms with Gasteiger partial charge in [0, 0.05) is 18.0 Å². The Hall–Kier alpha value is -1.43. The van der Waals surface area contributed by atoms with Gasteiger partial charge in [0.2, 0.25) is 5.89 Å². The number of carbonyl (C=O) groups excluding carboxylic acids is 1. The fourth-order valence-electron chi connectivity index (χ4n) is 2.33. The van der Waals surface area contributed by atoms with E-state index < -0.39 is 0 Å². The molecule has 0 aromatic carbocycles. The highest BCUT2D eigenvalue weighted by atomic mass is 16.5. The number of rotatable bonds is 3. The highest BCUT2D eigenvalue weighted by molar-refractivity contribution is 5.90. The van der Waals surface area contributed by atoms with Crippen molar-refractivity contribution in [2.45, 2.75) is 50.6 Å². The molecule has 2 N–H and O–H groups in total. The largest absolute Gasteiger partial charge is 0.346 e. The first-order valence-electron chi connectivity index (χ1n) is 6.60. The summed E-state index contributed by atoms with van der Waals surface area (Å²) in [7, 11) is 0.